The Morgan fingerprint density at radius 3 is 2.62 bits per heavy atom. The molecule has 0 amide bonds. The van der Waals surface area contributed by atoms with Crippen LogP contribution in [-0.4, -0.2) is 24.9 Å². The number of benzene rings is 1. The largest absolute Gasteiger partial charge is 0.329 e. The van der Waals surface area contributed by atoms with Crippen molar-refractivity contribution in [1.29, 1.82) is 0 Å². The maximum Gasteiger partial charge on any atom is 0.329 e. The molecule has 0 fully saturated rings. The molecule has 2 aromatic heterocycles. The second-order valence-corrected chi connectivity index (χ2v) is 7.65. The predicted molar refractivity (Wildman–Crippen MR) is 106 cm³/mol. The van der Waals surface area contributed by atoms with Crippen LogP contribution in [0.4, 0.5) is 0 Å². The first-order valence-electron chi connectivity index (χ1n) is 8.58. The third-order valence-corrected chi connectivity index (χ3v) is 5.52. The minimum atomic E-state index is -0.457. The number of thioether (sulfide) groups is 1. The molecule has 8 heteroatoms. The van der Waals surface area contributed by atoms with Crippen molar-refractivity contribution in [2.75, 3.05) is 5.75 Å². The quantitative estimate of drug-likeness (QED) is 0.494. The highest BCUT2D eigenvalue weighted by Crippen LogP contribution is 2.24. The molecule has 3 rings (SSSR count). The van der Waals surface area contributed by atoms with E-state index in [4.69, 9.17) is 11.6 Å². The number of hydrogen-bond donors (Lipinski definition) is 1. The lowest BCUT2D eigenvalue weighted by Gasteiger charge is -2.09. The Morgan fingerprint density at radius 1 is 1.19 bits per heavy atom. The number of aromatic nitrogens is 4. The first-order valence-corrected chi connectivity index (χ1v) is 9.94. The summed E-state index contributed by atoms with van der Waals surface area (Å²) >= 11 is 7.58. The van der Waals surface area contributed by atoms with Crippen LogP contribution in [-0.2, 0) is 13.6 Å². The van der Waals surface area contributed by atoms with E-state index in [1.165, 1.54) is 4.57 Å². The number of H-pyrrole nitrogens is 1. The Kier molecular flexibility index (Phi) is 5.88. The summed E-state index contributed by atoms with van der Waals surface area (Å²) in [6.45, 7) is 2.65. The van der Waals surface area contributed by atoms with E-state index in [9.17, 15) is 9.59 Å². The molecule has 3 aromatic rings. The van der Waals surface area contributed by atoms with E-state index in [1.807, 2.05) is 28.8 Å². The molecule has 1 N–H and O–H groups in total. The number of imidazole rings is 1. The molecule has 0 aliphatic carbocycles. The molecule has 0 radical (unpaired) electrons. The van der Waals surface area contributed by atoms with Gasteiger partial charge in [-0.25, -0.2) is 9.78 Å². The monoisotopic (exact) mass is 392 g/mol. The normalized spacial score (nSPS) is 11.3. The molecule has 2 heterocycles. The van der Waals surface area contributed by atoms with Gasteiger partial charge in [-0.1, -0.05) is 55.3 Å². The van der Waals surface area contributed by atoms with Gasteiger partial charge in [0.15, 0.2) is 16.3 Å². The van der Waals surface area contributed by atoms with Gasteiger partial charge in [0.05, 0.1) is 6.54 Å². The van der Waals surface area contributed by atoms with Gasteiger partial charge >= 0.3 is 5.69 Å². The van der Waals surface area contributed by atoms with Gasteiger partial charge in [0, 0.05) is 17.8 Å². The first-order chi connectivity index (χ1) is 12.5. The van der Waals surface area contributed by atoms with Crippen molar-refractivity contribution < 1.29 is 0 Å². The number of aromatic amines is 1. The molecule has 0 aliphatic rings. The zero-order chi connectivity index (χ0) is 18.7. The number of hydrogen-bond acceptors (Lipinski definition) is 4. The summed E-state index contributed by atoms with van der Waals surface area (Å²) in [4.78, 5) is 31.3. The summed E-state index contributed by atoms with van der Waals surface area (Å²) in [6.07, 6.45) is 3.39. The van der Waals surface area contributed by atoms with Crippen LogP contribution in [0, 0.1) is 0 Å². The van der Waals surface area contributed by atoms with E-state index in [2.05, 4.69) is 16.9 Å². The molecule has 0 saturated carbocycles. The van der Waals surface area contributed by atoms with Crippen LogP contribution in [0.2, 0.25) is 5.02 Å². The van der Waals surface area contributed by atoms with E-state index < -0.39 is 11.2 Å². The van der Waals surface area contributed by atoms with E-state index in [0.717, 1.165) is 35.7 Å². The van der Waals surface area contributed by atoms with Gasteiger partial charge in [0.2, 0.25) is 0 Å². The van der Waals surface area contributed by atoms with Crippen LogP contribution in [0.15, 0.2) is 39.0 Å². The second-order valence-electron chi connectivity index (χ2n) is 6.15. The van der Waals surface area contributed by atoms with Gasteiger partial charge in [-0.3, -0.25) is 14.3 Å². The van der Waals surface area contributed by atoms with Crippen molar-refractivity contribution in [1.82, 2.24) is 19.1 Å². The standard InChI is InChI=1S/C18H21ClN4O2S/c1-3-4-5-10-26-18-20-15-14(16(24)21-17(25)22(15)2)23(18)11-12-6-8-13(19)9-7-12/h6-9H,3-5,10-11H2,1-2H3,(H,21,24,25). The van der Waals surface area contributed by atoms with Crippen LogP contribution in [0.1, 0.15) is 31.7 Å². The third kappa shape index (κ3) is 3.88. The third-order valence-electron chi connectivity index (χ3n) is 4.21. The Bertz CT molecular complexity index is 1020. The number of nitrogens with one attached hydrogen (secondary N) is 1. The van der Waals surface area contributed by atoms with Gasteiger partial charge in [0.25, 0.3) is 5.56 Å². The van der Waals surface area contributed by atoms with Crippen molar-refractivity contribution in [3.63, 3.8) is 0 Å². The molecule has 0 spiro atoms. The highest BCUT2D eigenvalue weighted by molar-refractivity contribution is 7.99. The number of aryl methyl sites for hydroxylation is 1. The molecule has 138 valence electrons. The van der Waals surface area contributed by atoms with Crippen molar-refractivity contribution in [2.24, 2.45) is 7.05 Å². The summed E-state index contributed by atoms with van der Waals surface area (Å²) in [7, 11) is 1.62. The van der Waals surface area contributed by atoms with Gasteiger partial charge in [-0.2, -0.15) is 0 Å². The lowest BCUT2D eigenvalue weighted by Crippen LogP contribution is -2.29. The number of fused-ring (bicyclic) bond motifs is 1. The van der Waals surface area contributed by atoms with E-state index in [1.54, 1.807) is 18.8 Å². The molecule has 0 unspecified atom stereocenters. The van der Waals surface area contributed by atoms with Crippen LogP contribution < -0.4 is 11.2 Å². The molecule has 0 bridgehead atoms. The Labute approximate surface area is 160 Å². The van der Waals surface area contributed by atoms with Crippen LogP contribution in [0.5, 0.6) is 0 Å². The van der Waals surface area contributed by atoms with Crippen molar-refractivity contribution in [2.45, 2.75) is 37.9 Å². The fourth-order valence-corrected chi connectivity index (χ4v) is 3.88. The first kappa shape index (κ1) is 18.8. The second kappa shape index (κ2) is 8.14. The van der Waals surface area contributed by atoms with Gasteiger partial charge < -0.3 is 4.57 Å². The Hall–Kier alpha value is -1.99. The predicted octanol–water partition coefficient (Wildman–Crippen LogP) is 3.41. The van der Waals surface area contributed by atoms with Gasteiger partial charge in [-0.05, 0) is 24.1 Å². The summed E-state index contributed by atoms with van der Waals surface area (Å²) in [5, 5.41) is 1.41. The zero-order valence-electron chi connectivity index (χ0n) is 14.8. The van der Waals surface area contributed by atoms with Crippen LogP contribution >= 0.6 is 23.4 Å². The molecule has 26 heavy (non-hydrogen) atoms. The average molecular weight is 393 g/mol. The molecule has 0 saturated heterocycles. The highest BCUT2D eigenvalue weighted by atomic mass is 35.5. The molecular weight excluding hydrogens is 372 g/mol. The SMILES string of the molecule is CCCCCSc1nc2c(c(=O)[nH]c(=O)n2C)n1Cc1ccc(Cl)cc1. The van der Waals surface area contributed by atoms with E-state index in [-0.39, 0.29) is 0 Å². The maximum absolute atomic E-state index is 12.4. The zero-order valence-corrected chi connectivity index (χ0v) is 16.4. The van der Waals surface area contributed by atoms with Crippen molar-refractivity contribution in [3.8, 4) is 0 Å². The number of rotatable bonds is 7. The Morgan fingerprint density at radius 2 is 1.92 bits per heavy atom. The maximum atomic E-state index is 12.4. The summed E-state index contributed by atoms with van der Waals surface area (Å²) in [6, 6.07) is 7.50. The highest BCUT2D eigenvalue weighted by Gasteiger charge is 2.17. The fraction of sp³-hybridized carbons (Fsp3) is 0.389. The lowest BCUT2D eigenvalue weighted by atomic mass is 10.2. The van der Waals surface area contributed by atoms with Crippen molar-refractivity contribution >= 4 is 34.5 Å². The van der Waals surface area contributed by atoms with E-state index >= 15 is 0 Å². The average Bonchev–Trinajstić information content (AvgIpc) is 2.98. The number of halogens is 1. The molecule has 0 aliphatic heterocycles. The minimum Gasteiger partial charge on any atom is -0.309 e. The molecular formula is C18H21ClN4O2S. The number of unbranched alkanes of at least 4 members (excludes halogenated alkanes) is 2. The smallest absolute Gasteiger partial charge is 0.309 e. The molecule has 1 aromatic carbocycles. The summed E-state index contributed by atoms with van der Waals surface area (Å²) in [5.74, 6) is 0.920. The van der Waals surface area contributed by atoms with Crippen molar-refractivity contribution in [3.05, 3.63) is 55.7 Å². The van der Waals surface area contributed by atoms with Crippen LogP contribution in [0.25, 0.3) is 11.2 Å². The van der Waals surface area contributed by atoms with Gasteiger partial charge in [-0.15, -0.1) is 0 Å². The summed E-state index contributed by atoms with van der Waals surface area (Å²) in [5.41, 5.74) is 0.967. The molecule has 6 nitrogen and oxygen atoms in total. The topological polar surface area (TPSA) is 72.7 Å². The van der Waals surface area contributed by atoms with Crippen LogP contribution in [0.3, 0.4) is 0 Å². The fourth-order valence-electron chi connectivity index (χ4n) is 2.76. The lowest BCUT2D eigenvalue weighted by molar-refractivity contribution is 0.724. The van der Waals surface area contributed by atoms with Gasteiger partial charge in [0.1, 0.15) is 0 Å². The summed E-state index contributed by atoms with van der Waals surface area (Å²) < 4.78 is 3.26. The molecule has 0 atom stereocenters. The minimum absolute atomic E-state index is 0.408. The van der Waals surface area contributed by atoms with E-state index in [0.29, 0.717) is 22.7 Å². The number of nitrogens with zero attached hydrogens (tertiary/aromatic N) is 3. The Balaban J connectivity index is 2.07.